The van der Waals surface area contributed by atoms with Gasteiger partial charge >= 0.3 is 0 Å². The summed E-state index contributed by atoms with van der Waals surface area (Å²) in [7, 11) is 3.55. The van der Waals surface area contributed by atoms with Gasteiger partial charge in [0.15, 0.2) is 5.65 Å². The van der Waals surface area contributed by atoms with Gasteiger partial charge in [-0.15, -0.1) is 0 Å². The predicted octanol–water partition coefficient (Wildman–Crippen LogP) is 3.11. The summed E-state index contributed by atoms with van der Waals surface area (Å²) in [6, 6.07) is 9.03. The lowest BCUT2D eigenvalue weighted by Crippen LogP contribution is -2.49. The zero-order valence-corrected chi connectivity index (χ0v) is 21.1. The molecule has 0 spiro atoms. The second kappa shape index (κ2) is 9.69. The van der Waals surface area contributed by atoms with Gasteiger partial charge in [-0.05, 0) is 38.1 Å². The SMILES string of the molecule is Cc1c(F)ccc2cc([C@H](C)Nc3ccnc4ccnn34)c(N3CCN(CC(=O)N(C)C)CC3)nc12. The Hall–Kier alpha value is -3.79. The molecule has 0 radical (unpaired) electrons. The van der Waals surface area contributed by atoms with E-state index >= 15 is 0 Å². The molecule has 1 amide bonds. The number of rotatable bonds is 6. The lowest BCUT2D eigenvalue weighted by Gasteiger charge is -2.37. The van der Waals surface area contributed by atoms with Crippen LogP contribution in [0.5, 0.6) is 0 Å². The summed E-state index contributed by atoms with van der Waals surface area (Å²) in [4.78, 5) is 27.5. The van der Waals surface area contributed by atoms with Gasteiger partial charge in [0.2, 0.25) is 5.91 Å². The molecule has 1 atom stereocenters. The number of piperazine rings is 1. The Labute approximate surface area is 209 Å². The molecule has 1 aliphatic rings. The molecule has 4 aromatic rings. The van der Waals surface area contributed by atoms with Crippen LogP contribution in [0.4, 0.5) is 16.0 Å². The zero-order valence-electron chi connectivity index (χ0n) is 21.1. The van der Waals surface area contributed by atoms with Gasteiger partial charge in [-0.3, -0.25) is 9.69 Å². The molecule has 5 rings (SSSR count). The lowest BCUT2D eigenvalue weighted by molar-refractivity contribution is -0.129. The van der Waals surface area contributed by atoms with Gasteiger partial charge in [0, 0.05) is 69.1 Å². The van der Waals surface area contributed by atoms with Gasteiger partial charge in [0.25, 0.3) is 0 Å². The van der Waals surface area contributed by atoms with Gasteiger partial charge in [0.1, 0.15) is 17.5 Å². The number of hydrogen-bond acceptors (Lipinski definition) is 7. The van der Waals surface area contributed by atoms with E-state index in [-0.39, 0.29) is 17.8 Å². The van der Waals surface area contributed by atoms with Crippen molar-refractivity contribution in [1.82, 2.24) is 29.4 Å². The number of likely N-dealkylation sites (N-methyl/N-ethyl adjacent to an activating group) is 1. The predicted molar refractivity (Wildman–Crippen MR) is 139 cm³/mol. The summed E-state index contributed by atoms with van der Waals surface area (Å²) in [6.45, 7) is 7.22. The summed E-state index contributed by atoms with van der Waals surface area (Å²) < 4.78 is 16.2. The van der Waals surface area contributed by atoms with E-state index in [1.807, 2.05) is 12.1 Å². The molecule has 0 bridgehead atoms. The topological polar surface area (TPSA) is 81.9 Å². The van der Waals surface area contributed by atoms with Crippen molar-refractivity contribution >= 4 is 34.1 Å². The quantitative estimate of drug-likeness (QED) is 0.445. The Morgan fingerprint density at radius 1 is 1.14 bits per heavy atom. The maximum Gasteiger partial charge on any atom is 0.236 e. The van der Waals surface area contributed by atoms with Crippen molar-refractivity contribution in [1.29, 1.82) is 0 Å². The molecular weight excluding hydrogens is 459 g/mol. The summed E-state index contributed by atoms with van der Waals surface area (Å²) >= 11 is 0. The van der Waals surface area contributed by atoms with Crippen molar-refractivity contribution in [3.05, 3.63) is 59.7 Å². The number of carbonyl (C=O) groups is 1. The Morgan fingerprint density at radius 3 is 2.67 bits per heavy atom. The Kier molecular flexibility index (Phi) is 6.44. The van der Waals surface area contributed by atoms with E-state index in [1.165, 1.54) is 6.07 Å². The monoisotopic (exact) mass is 490 g/mol. The second-order valence-electron chi connectivity index (χ2n) is 9.49. The smallest absolute Gasteiger partial charge is 0.236 e. The van der Waals surface area contributed by atoms with Crippen molar-refractivity contribution in [3.8, 4) is 0 Å². The molecule has 1 N–H and O–H groups in total. The van der Waals surface area contributed by atoms with E-state index in [1.54, 1.807) is 48.9 Å². The third kappa shape index (κ3) is 4.56. The van der Waals surface area contributed by atoms with Gasteiger partial charge in [-0.25, -0.2) is 14.4 Å². The fourth-order valence-corrected chi connectivity index (χ4v) is 4.63. The molecule has 1 saturated heterocycles. The number of hydrogen-bond donors (Lipinski definition) is 1. The largest absolute Gasteiger partial charge is 0.363 e. The first-order valence-electron chi connectivity index (χ1n) is 12.1. The minimum absolute atomic E-state index is 0.0965. The highest BCUT2D eigenvalue weighted by Crippen LogP contribution is 2.33. The van der Waals surface area contributed by atoms with E-state index in [4.69, 9.17) is 4.98 Å². The van der Waals surface area contributed by atoms with Crippen LogP contribution >= 0.6 is 0 Å². The number of amides is 1. The summed E-state index contributed by atoms with van der Waals surface area (Å²) in [5.41, 5.74) is 3.00. The first-order chi connectivity index (χ1) is 17.3. The van der Waals surface area contributed by atoms with Gasteiger partial charge in [-0.1, -0.05) is 0 Å². The van der Waals surface area contributed by atoms with Crippen molar-refractivity contribution < 1.29 is 9.18 Å². The van der Waals surface area contributed by atoms with Crippen molar-refractivity contribution in [2.45, 2.75) is 19.9 Å². The molecule has 4 heterocycles. The number of aromatic nitrogens is 4. The van der Waals surface area contributed by atoms with Crippen LogP contribution in [0, 0.1) is 12.7 Å². The van der Waals surface area contributed by atoms with Crippen LogP contribution in [-0.4, -0.2) is 82.1 Å². The normalized spacial score (nSPS) is 15.4. The van der Waals surface area contributed by atoms with Crippen LogP contribution < -0.4 is 10.2 Å². The van der Waals surface area contributed by atoms with Crippen molar-refractivity contribution in [2.24, 2.45) is 0 Å². The Morgan fingerprint density at radius 2 is 1.92 bits per heavy atom. The first kappa shape index (κ1) is 23.9. The molecule has 1 aliphatic heterocycles. The summed E-state index contributed by atoms with van der Waals surface area (Å²) in [5, 5.41) is 8.84. The molecule has 3 aromatic heterocycles. The summed E-state index contributed by atoms with van der Waals surface area (Å²) in [5.74, 6) is 1.50. The fraction of sp³-hybridized carbons (Fsp3) is 0.385. The van der Waals surface area contributed by atoms with Crippen LogP contribution in [0.15, 0.2) is 42.7 Å². The average Bonchev–Trinajstić information content (AvgIpc) is 3.36. The number of nitrogens with one attached hydrogen (secondary N) is 1. The fourth-order valence-electron chi connectivity index (χ4n) is 4.63. The molecule has 10 heteroatoms. The number of fused-ring (bicyclic) bond motifs is 2. The third-order valence-electron chi connectivity index (χ3n) is 6.83. The molecule has 36 heavy (non-hydrogen) atoms. The number of benzene rings is 1. The minimum Gasteiger partial charge on any atom is -0.363 e. The maximum atomic E-state index is 14.4. The van der Waals surface area contributed by atoms with Gasteiger partial charge in [0.05, 0.1) is 24.3 Å². The maximum absolute atomic E-state index is 14.4. The summed E-state index contributed by atoms with van der Waals surface area (Å²) in [6.07, 6.45) is 3.48. The van der Waals surface area contributed by atoms with Gasteiger partial charge in [-0.2, -0.15) is 9.61 Å². The number of halogens is 1. The number of nitrogens with zero attached hydrogens (tertiary/aromatic N) is 7. The highest BCUT2D eigenvalue weighted by molar-refractivity contribution is 5.85. The molecule has 0 unspecified atom stereocenters. The Balaban J connectivity index is 1.48. The Bertz CT molecular complexity index is 1410. The highest BCUT2D eigenvalue weighted by Gasteiger charge is 2.25. The van der Waals surface area contributed by atoms with E-state index in [2.05, 4.69) is 38.2 Å². The van der Waals surface area contributed by atoms with Gasteiger partial charge < -0.3 is 15.1 Å². The molecule has 0 aliphatic carbocycles. The van der Waals surface area contributed by atoms with E-state index in [0.717, 1.165) is 54.4 Å². The molecule has 1 aromatic carbocycles. The molecule has 188 valence electrons. The third-order valence-corrected chi connectivity index (χ3v) is 6.83. The number of aryl methyl sites for hydroxylation is 1. The number of carbonyl (C=O) groups excluding carboxylic acids is 1. The minimum atomic E-state index is -0.259. The van der Waals surface area contributed by atoms with Crippen molar-refractivity contribution in [2.75, 3.05) is 57.0 Å². The zero-order chi connectivity index (χ0) is 25.4. The number of pyridine rings is 1. The van der Waals surface area contributed by atoms with Crippen LogP contribution in [-0.2, 0) is 4.79 Å². The first-order valence-corrected chi connectivity index (χ1v) is 12.1. The van der Waals surface area contributed by atoms with Crippen LogP contribution in [0.1, 0.15) is 24.1 Å². The van der Waals surface area contributed by atoms with Crippen LogP contribution in [0.3, 0.4) is 0 Å². The second-order valence-corrected chi connectivity index (χ2v) is 9.49. The highest BCUT2D eigenvalue weighted by atomic mass is 19.1. The average molecular weight is 491 g/mol. The molecular formula is C26H31FN8O. The molecule has 1 fully saturated rings. The lowest BCUT2D eigenvalue weighted by atomic mass is 10.0. The van der Waals surface area contributed by atoms with E-state index in [9.17, 15) is 9.18 Å². The van der Waals surface area contributed by atoms with E-state index < -0.39 is 0 Å². The molecule has 9 nitrogen and oxygen atoms in total. The number of anilines is 2. The molecule has 0 saturated carbocycles. The van der Waals surface area contributed by atoms with Crippen LogP contribution in [0.2, 0.25) is 0 Å². The van der Waals surface area contributed by atoms with Crippen molar-refractivity contribution in [3.63, 3.8) is 0 Å². The standard InChI is InChI=1S/C26H31FN8O/c1-17-21(27)6-5-19-15-20(18(2)30-23-7-9-28-22-8-10-29-35(22)23)26(31-25(17)19)34-13-11-33(12-14-34)16-24(36)32(3)4/h5-10,15,18,30H,11-14,16H2,1-4H3/t18-/m0/s1. The van der Waals surface area contributed by atoms with Crippen LogP contribution in [0.25, 0.3) is 16.6 Å². The van der Waals surface area contributed by atoms with E-state index in [0.29, 0.717) is 17.6 Å².